The number of thioether (sulfide) groups is 1. The van der Waals surface area contributed by atoms with Crippen molar-refractivity contribution in [3.8, 4) is 5.75 Å². The first-order valence-electron chi connectivity index (χ1n) is 8.43. The number of hydrogen-bond donors (Lipinski definition) is 2. The van der Waals surface area contributed by atoms with Crippen LogP contribution in [0, 0.1) is 5.82 Å². The molecule has 0 fully saturated rings. The molecular formula is C19H22ClFN2O3S. The predicted octanol–water partition coefficient (Wildman–Crippen LogP) is 4.81. The summed E-state index contributed by atoms with van der Waals surface area (Å²) in [5, 5.41) is 5.93. The molecule has 0 atom stereocenters. The summed E-state index contributed by atoms with van der Waals surface area (Å²) in [6.45, 7) is 1.41. The molecule has 2 aromatic carbocycles. The maximum absolute atomic E-state index is 12.8. The second kappa shape index (κ2) is 11.7. The van der Waals surface area contributed by atoms with Crippen molar-refractivity contribution in [2.75, 3.05) is 37.9 Å². The van der Waals surface area contributed by atoms with Crippen LogP contribution >= 0.6 is 23.4 Å². The molecule has 0 aliphatic rings. The lowest BCUT2D eigenvalue weighted by atomic mass is 10.3. The van der Waals surface area contributed by atoms with Gasteiger partial charge in [-0.2, -0.15) is 0 Å². The van der Waals surface area contributed by atoms with E-state index in [9.17, 15) is 9.18 Å². The van der Waals surface area contributed by atoms with Gasteiger partial charge in [0.05, 0.1) is 11.6 Å². The van der Waals surface area contributed by atoms with Crippen LogP contribution in [0.4, 0.5) is 14.9 Å². The zero-order valence-electron chi connectivity index (χ0n) is 15.0. The van der Waals surface area contributed by atoms with Crippen LogP contribution in [0.2, 0.25) is 5.02 Å². The first-order valence-corrected chi connectivity index (χ1v) is 9.79. The molecule has 146 valence electrons. The van der Waals surface area contributed by atoms with E-state index in [1.54, 1.807) is 49.2 Å². The Morgan fingerprint density at radius 2 is 1.96 bits per heavy atom. The lowest BCUT2D eigenvalue weighted by Crippen LogP contribution is -2.29. The minimum absolute atomic E-state index is 0.243. The molecule has 2 amide bonds. The Bertz CT molecular complexity index is 731. The molecule has 0 spiro atoms. The molecule has 0 aliphatic carbocycles. The van der Waals surface area contributed by atoms with Gasteiger partial charge in [0.1, 0.15) is 18.2 Å². The maximum atomic E-state index is 12.8. The SMILES string of the molecule is COCCOc1ccc(NC(=O)NCCCSc2ccc(F)cc2)cc1Cl. The van der Waals surface area contributed by atoms with Crippen LogP contribution < -0.4 is 15.4 Å². The van der Waals surface area contributed by atoms with Crippen molar-refractivity contribution in [1.82, 2.24) is 5.32 Å². The fourth-order valence-corrected chi connectivity index (χ4v) is 3.19. The number of amides is 2. The number of rotatable bonds is 10. The first kappa shape index (κ1) is 21.3. The second-order valence-electron chi connectivity index (χ2n) is 5.52. The monoisotopic (exact) mass is 412 g/mol. The Hall–Kier alpha value is -1.96. The van der Waals surface area contributed by atoms with Gasteiger partial charge in [0.2, 0.25) is 0 Å². The molecule has 2 N–H and O–H groups in total. The van der Waals surface area contributed by atoms with E-state index >= 15 is 0 Å². The Kier molecular flexibility index (Phi) is 9.24. The van der Waals surface area contributed by atoms with Gasteiger partial charge in [0, 0.05) is 24.2 Å². The highest BCUT2D eigenvalue weighted by Gasteiger charge is 2.06. The molecule has 0 aromatic heterocycles. The van der Waals surface area contributed by atoms with Crippen molar-refractivity contribution in [2.24, 2.45) is 0 Å². The van der Waals surface area contributed by atoms with Crippen LogP contribution in [0.15, 0.2) is 47.4 Å². The number of carbonyl (C=O) groups is 1. The summed E-state index contributed by atoms with van der Waals surface area (Å²) in [6, 6.07) is 11.1. The number of ether oxygens (including phenoxy) is 2. The standard InChI is InChI=1S/C19H22ClFN2O3S/c1-25-10-11-26-18-8-5-15(13-17(18)20)23-19(24)22-9-2-12-27-16-6-3-14(21)4-7-16/h3-8,13H,2,9-12H2,1H3,(H2,22,23,24). The van der Waals surface area contributed by atoms with Gasteiger partial charge in [0.25, 0.3) is 0 Å². The van der Waals surface area contributed by atoms with Crippen LogP contribution in [0.25, 0.3) is 0 Å². The Morgan fingerprint density at radius 1 is 1.19 bits per heavy atom. The van der Waals surface area contributed by atoms with Gasteiger partial charge < -0.3 is 20.1 Å². The average molecular weight is 413 g/mol. The molecule has 0 heterocycles. The number of hydrogen-bond acceptors (Lipinski definition) is 4. The molecular weight excluding hydrogens is 391 g/mol. The summed E-state index contributed by atoms with van der Waals surface area (Å²) < 4.78 is 23.2. The highest BCUT2D eigenvalue weighted by Crippen LogP contribution is 2.27. The Balaban J connectivity index is 1.66. The third kappa shape index (κ3) is 8.07. The van der Waals surface area contributed by atoms with E-state index in [1.807, 2.05) is 0 Å². The van der Waals surface area contributed by atoms with Gasteiger partial charge in [0.15, 0.2) is 0 Å². The third-order valence-electron chi connectivity index (χ3n) is 3.42. The van der Waals surface area contributed by atoms with E-state index in [2.05, 4.69) is 10.6 Å². The number of carbonyl (C=O) groups excluding carboxylic acids is 1. The van der Waals surface area contributed by atoms with Crippen molar-refractivity contribution >= 4 is 35.1 Å². The fourth-order valence-electron chi connectivity index (χ4n) is 2.10. The maximum Gasteiger partial charge on any atom is 0.319 e. The number of benzene rings is 2. The number of urea groups is 1. The molecule has 0 saturated carbocycles. The van der Waals surface area contributed by atoms with Crippen molar-refractivity contribution in [3.05, 3.63) is 53.3 Å². The number of halogens is 2. The van der Waals surface area contributed by atoms with Gasteiger partial charge >= 0.3 is 6.03 Å². The number of methoxy groups -OCH3 is 1. The largest absolute Gasteiger partial charge is 0.490 e. The second-order valence-corrected chi connectivity index (χ2v) is 7.10. The molecule has 5 nitrogen and oxygen atoms in total. The highest BCUT2D eigenvalue weighted by molar-refractivity contribution is 7.99. The van der Waals surface area contributed by atoms with Crippen molar-refractivity contribution in [1.29, 1.82) is 0 Å². The zero-order valence-corrected chi connectivity index (χ0v) is 16.5. The van der Waals surface area contributed by atoms with Gasteiger partial charge in [-0.1, -0.05) is 11.6 Å². The molecule has 2 aromatic rings. The number of anilines is 1. The smallest absolute Gasteiger partial charge is 0.319 e. The minimum atomic E-state index is -0.300. The normalized spacial score (nSPS) is 10.5. The molecule has 0 saturated heterocycles. The molecule has 2 rings (SSSR count). The summed E-state index contributed by atoms with van der Waals surface area (Å²) in [7, 11) is 1.60. The quantitative estimate of drug-likeness (QED) is 0.434. The molecule has 0 aliphatic heterocycles. The molecule has 0 bridgehead atoms. The Morgan fingerprint density at radius 3 is 2.67 bits per heavy atom. The van der Waals surface area contributed by atoms with E-state index in [0.29, 0.717) is 36.2 Å². The summed E-state index contributed by atoms with van der Waals surface area (Å²) in [5.41, 5.74) is 0.581. The van der Waals surface area contributed by atoms with Crippen LogP contribution in [-0.4, -0.2) is 38.7 Å². The van der Waals surface area contributed by atoms with Crippen molar-refractivity contribution in [2.45, 2.75) is 11.3 Å². The van der Waals surface area contributed by atoms with Crippen LogP contribution in [-0.2, 0) is 4.74 Å². The molecule has 0 radical (unpaired) electrons. The lowest BCUT2D eigenvalue weighted by molar-refractivity contribution is 0.146. The molecule has 0 unspecified atom stereocenters. The van der Waals surface area contributed by atoms with E-state index < -0.39 is 0 Å². The zero-order chi connectivity index (χ0) is 19.5. The van der Waals surface area contributed by atoms with Crippen LogP contribution in [0.3, 0.4) is 0 Å². The van der Waals surface area contributed by atoms with Gasteiger partial charge in [-0.3, -0.25) is 0 Å². The average Bonchev–Trinajstić information content (AvgIpc) is 2.65. The summed E-state index contributed by atoms with van der Waals surface area (Å²) in [5.74, 6) is 1.12. The molecule has 8 heteroatoms. The van der Waals surface area contributed by atoms with E-state index in [4.69, 9.17) is 21.1 Å². The molecule has 27 heavy (non-hydrogen) atoms. The number of nitrogens with one attached hydrogen (secondary N) is 2. The van der Waals surface area contributed by atoms with Crippen molar-refractivity contribution < 1.29 is 18.7 Å². The Labute approximate surface area is 167 Å². The predicted molar refractivity (Wildman–Crippen MR) is 108 cm³/mol. The van der Waals surface area contributed by atoms with Gasteiger partial charge in [-0.15, -0.1) is 11.8 Å². The fraction of sp³-hybridized carbons (Fsp3) is 0.316. The van der Waals surface area contributed by atoms with Gasteiger partial charge in [-0.05, 0) is 54.6 Å². The van der Waals surface area contributed by atoms with Gasteiger partial charge in [-0.25, -0.2) is 9.18 Å². The highest BCUT2D eigenvalue weighted by atomic mass is 35.5. The van der Waals surface area contributed by atoms with Crippen molar-refractivity contribution in [3.63, 3.8) is 0 Å². The summed E-state index contributed by atoms with van der Waals surface area (Å²) >= 11 is 7.76. The van der Waals surface area contributed by atoms with E-state index in [0.717, 1.165) is 17.1 Å². The van der Waals surface area contributed by atoms with Crippen LogP contribution in [0.5, 0.6) is 5.75 Å². The summed E-state index contributed by atoms with van der Waals surface area (Å²) in [4.78, 5) is 12.9. The van der Waals surface area contributed by atoms with Crippen LogP contribution in [0.1, 0.15) is 6.42 Å². The first-order chi connectivity index (χ1) is 13.1. The van der Waals surface area contributed by atoms with E-state index in [-0.39, 0.29) is 11.8 Å². The lowest BCUT2D eigenvalue weighted by Gasteiger charge is -2.11. The third-order valence-corrected chi connectivity index (χ3v) is 4.82. The summed E-state index contributed by atoms with van der Waals surface area (Å²) in [6.07, 6.45) is 0.794. The topological polar surface area (TPSA) is 59.6 Å². The minimum Gasteiger partial charge on any atom is -0.490 e. The van der Waals surface area contributed by atoms with E-state index in [1.165, 1.54) is 12.1 Å².